The molecule has 1 aromatic heterocycles. The number of hydrogen-bond acceptors (Lipinski definition) is 9. The third kappa shape index (κ3) is 8.48. The number of rotatable bonds is 10. The van der Waals surface area contributed by atoms with E-state index in [0.29, 0.717) is 11.5 Å². The Hall–Kier alpha value is -4.03. The zero-order chi connectivity index (χ0) is 29.5. The number of amides is 1. The van der Waals surface area contributed by atoms with Gasteiger partial charge in [-0.3, -0.25) is 9.59 Å². The molecule has 3 N–H and O–H groups in total. The first-order valence-corrected chi connectivity index (χ1v) is 15.0. The van der Waals surface area contributed by atoms with Crippen LogP contribution in [-0.2, 0) is 19.6 Å². The first-order valence-electron chi connectivity index (χ1n) is 13.5. The molecule has 1 saturated heterocycles. The number of esters is 1. The second-order valence-electron chi connectivity index (χ2n) is 10.7. The minimum absolute atomic E-state index is 0.00168. The van der Waals surface area contributed by atoms with Crippen LogP contribution in [-0.4, -0.2) is 61.2 Å². The lowest BCUT2D eigenvalue weighted by molar-refractivity contribution is -0.156. The molecular formula is C29H36N6O5S. The van der Waals surface area contributed by atoms with Crippen molar-refractivity contribution in [1.29, 1.82) is 0 Å². The van der Waals surface area contributed by atoms with Crippen molar-refractivity contribution in [1.82, 2.24) is 20.0 Å². The van der Waals surface area contributed by atoms with Crippen LogP contribution in [0.5, 0.6) is 0 Å². The van der Waals surface area contributed by atoms with Crippen molar-refractivity contribution in [2.24, 2.45) is 0 Å². The zero-order valence-corrected chi connectivity index (χ0v) is 24.2. The van der Waals surface area contributed by atoms with Gasteiger partial charge in [0, 0.05) is 36.7 Å². The van der Waals surface area contributed by atoms with Crippen LogP contribution >= 0.6 is 0 Å². The summed E-state index contributed by atoms with van der Waals surface area (Å²) in [6, 6.07) is 15.3. The number of piperidine rings is 1. The lowest BCUT2D eigenvalue weighted by Gasteiger charge is -2.38. The maximum Gasteiger partial charge on any atom is 0.326 e. The van der Waals surface area contributed by atoms with Crippen molar-refractivity contribution in [2.75, 3.05) is 23.3 Å². The fraction of sp³-hybridized carbons (Fsp3) is 0.379. The molecule has 0 unspecified atom stereocenters. The molecule has 0 bridgehead atoms. The summed E-state index contributed by atoms with van der Waals surface area (Å²) < 4.78 is 33.7. The standard InChI is InChI=1S/C29H36N6O5S/c1-29(2,3)40-27(37)24(34-41(38,39)23-13-5-4-6-14-23)20-32-26(36)21-11-9-12-22(19-21)35-18-8-7-15-25(35)33-28-30-16-10-17-31-28/h4-6,9-14,16-17,19,24-25,34H,7-8,15,18,20H2,1-3H3,(H,32,36)(H,30,31,33)/t24-,25+/m0/s1. The molecule has 2 heterocycles. The molecule has 4 rings (SSSR count). The number of carbonyl (C=O) groups excluding carboxylic acids is 2. The molecule has 1 aliphatic heterocycles. The summed E-state index contributed by atoms with van der Waals surface area (Å²) in [7, 11) is -4.05. The van der Waals surface area contributed by atoms with E-state index in [1.54, 1.807) is 75.6 Å². The SMILES string of the molecule is CC(C)(C)OC(=O)[C@H](CNC(=O)c1cccc(N2CCCC[C@@H]2Nc2ncccn2)c1)NS(=O)(=O)c1ccccc1. The summed E-state index contributed by atoms with van der Waals surface area (Å²) in [6.45, 7) is 5.54. The van der Waals surface area contributed by atoms with Gasteiger partial charge in [0.05, 0.1) is 4.90 Å². The number of nitrogens with one attached hydrogen (secondary N) is 3. The number of sulfonamides is 1. The summed E-state index contributed by atoms with van der Waals surface area (Å²) in [6.07, 6.45) is 6.24. The molecule has 0 radical (unpaired) electrons. The molecule has 1 aliphatic rings. The van der Waals surface area contributed by atoms with Crippen LogP contribution in [0.15, 0.2) is 78.0 Å². The van der Waals surface area contributed by atoms with Crippen molar-refractivity contribution in [3.05, 3.63) is 78.6 Å². The van der Waals surface area contributed by atoms with Crippen LogP contribution < -0.4 is 20.3 Å². The highest BCUT2D eigenvalue weighted by Crippen LogP contribution is 2.26. The molecule has 2 aromatic carbocycles. The highest BCUT2D eigenvalue weighted by molar-refractivity contribution is 7.89. The summed E-state index contributed by atoms with van der Waals surface area (Å²) in [5.41, 5.74) is 0.367. The predicted molar refractivity (Wildman–Crippen MR) is 156 cm³/mol. The maximum atomic E-state index is 13.2. The molecule has 0 aliphatic carbocycles. The highest BCUT2D eigenvalue weighted by atomic mass is 32.2. The molecule has 0 saturated carbocycles. The monoisotopic (exact) mass is 580 g/mol. The van der Waals surface area contributed by atoms with E-state index in [0.717, 1.165) is 31.5 Å². The molecule has 0 spiro atoms. The number of hydrogen-bond donors (Lipinski definition) is 3. The average molecular weight is 581 g/mol. The van der Waals surface area contributed by atoms with Crippen LogP contribution in [0.25, 0.3) is 0 Å². The Labute approximate surface area is 240 Å². The van der Waals surface area contributed by atoms with Gasteiger partial charge in [0.25, 0.3) is 5.91 Å². The van der Waals surface area contributed by atoms with Gasteiger partial charge in [-0.25, -0.2) is 18.4 Å². The van der Waals surface area contributed by atoms with Crippen molar-refractivity contribution in [3.8, 4) is 0 Å². The molecular weight excluding hydrogens is 544 g/mol. The van der Waals surface area contributed by atoms with E-state index in [1.165, 1.54) is 12.1 Å². The first kappa shape index (κ1) is 29.9. The van der Waals surface area contributed by atoms with Crippen LogP contribution in [0, 0.1) is 0 Å². The van der Waals surface area contributed by atoms with Crippen molar-refractivity contribution >= 4 is 33.5 Å². The van der Waals surface area contributed by atoms with E-state index >= 15 is 0 Å². The van der Waals surface area contributed by atoms with E-state index in [9.17, 15) is 18.0 Å². The quantitative estimate of drug-likeness (QED) is 0.308. The second kappa shape index (κ2) is 13.1. The van der Waals surface area contributed by atoms with Gasteiger partial charge in [-0.05, 0) is 76.4 Å². The Morgan fingerprint density at radius 1 is 1.02 bits per heavy atom. The Kier molecular flexibility index (Phi) is 9.56. The Morgan fingerprint density at radius 2 is 1.76 bits per heavy atom. The minimum atomic E-state index is -4.05. The maximum absolute atomic E-state index is 13.2. The Balaban J connectivity index is 1.48. The topological polar surface area (TPSA) is 143 Å². The highest BCUT2D eigenvalue weighted by Gasteiger charge is 2.31. The normalized spacial score (nSPS) is 16.5. The van der Waals surface area contributed by atoms with Crippen LogP contribution in [0.3, 0.4) is 0 Å². The van der Waals surface area contributed by atoms with Gasteiger partial charge in [0.15, 0.2) is 0 Å². The van der Waals surface area contributed by atoms with E-state index in [2.05, 4.69) is 30.2 Å². The first-order chi connectivity index (χ1) is 19.5. The minimum Gasteiger partial charge on any atom is -0.459 e. The summed E-state index contributed by atoms with van der Waals surface area (Å²) in [5, 5.41) is 6.07. The Morgan fingerprint density at radius 3 is 2.46 bits per heavy atom. The molecule has 2 atom stereocenters. The number of ether oxygens (including phenoxy) is 1. The molecule has 1 amide bonds. The van der Waals surface area contributed by atoms with E-state index in [-0.39, 0.29) is 17.6 Å². The number of nitrogens with zero attached hydrogens (tertiary/aromatic N) is 3. The summed E-state index contributed by atoms with van der Waals surface area (Å²) in [4.78, 5) is 36.9. The van der Waals surface area contributed by atoms with Gasteiger partial charge in [-0.2, -0.15) is 4.72 Å². The Bertz CT molecular complexity index is 1430. The van der Waals surface area contributed by atoms with Gasteiger partial charge >= 0.3 is 5.97 Å². The second-order valence-corrected chi connectivity index (χ2v) is 12.4. The number of benzene rings is 2. The lowest BCUT2D eigenvalue weighted by Crippen LogP contribution is -2.50. The van der Waals surface area contributed by atoms with E-state index < -0.39 is 33.5 Å². The molecule has 41 heavy (non-hydrogen) atoms. The van der Waals surface area contributed by atoms with Crippen molar-refractivity contribution < 1.29 is 22.7 Å². The number of aromatic nitrogens is 2. The number of anilines is 2. The van der Waals surface area contributed by atoms with Crippen LogP contribution in [0.2, 0.25) is 0 Å². The molecule has 3 aromatic rings. The van der Waals surface area contributed by atoms with E-state index in [4.69, 9.17) is 4.74 Å². The van der Waals surface area contributed by atoms with E-state index in [1.807, 2.05) is 6.07 Å². The smallest absolute Gasteiger partial charge is 0.326 e. The van der Waals surface area contributed by atoms with Crippen molar-refractivity contribution in [2.45, 2.75) is 62.7 Å². The molecule has 11 nitrogen and oxygen atoms in total. The summed E-state index contributed by atoms with van der Waals surface area (Å²) in [5.74, 6) is -0.715. The predicted octanol–water partition coefficient (Wildman–Crippen LogP) is 3.32. The molecule has 218 valence electrons. The van der Waals surface area contributed by atoms with Crippen LogP contribution in [0.4, 0.5) is 11.6 Å². The van der Waals surface area contributed by atoms with Gasteiger partial charge < -0.3 is 20.3 Å². The lowest BCUT2D eigenvalue weighted by atomic mass is 10.1. The fourth-order valence-electron chi connectivity index (χ4n) is 4.44. The van der Waals surface area contributed by atoms with Gasteiger partial charge in [0.2, 0.25) is 16.0 Å². The average Bonchev–Trinajstić information content (AvgIpc) is 2.95. The van der Waals surface area contributed by atoms with Gasteiger partial charge in [0.1, 0.15) is 17.8 Å². The third-order valence-electron chi connectivity index (χ3n) is 6.31. The van der Waals surface area contributed by atoms with Crippen molar-refractivity contribution in [3.63, 3.8) is 0 Å². The van der Waals surface area contributed by atoms with Gasteiger partial charge in [-0.1, -0.05) is 24.3 Å². The third-order valence-corrected chi connectivity index (χ3v) is 7.80. The van der Waals surface area contributed by atoms with Crippen LogP contribution in [0.1, 0.15) is 50.4 Å². The fourth-order valence-corrected chi connectivity index (χ4v) is 5.64. The number of carbonyl (C=O) groups is 2. The molecule has 1 fully saturated rings. The molecule has 12 heteroatoms. The zero-order valence-electron chi connectivity index (χ0n) is 23.4. The summed E-state index contributed by atoms with van der Waals surface area (Å²) >= 11 is 0. The van der Waals surface area contributed by atoms with Gasteiger partial charge in [-0.15, -0.1) is 0 Å². The largest absolute Gasteiger partial charge is 0.459 e.